The molecule has 2 N–H and O–H groups in total. The van der Waals surface area contributed by atoms with E-state index >= 15 is 0 Å². The highest BCUT2D eigenvalue weighted by atomic mass is 16.5. The van der Waals surface area contributed by atoms with E-state index in [-0.39, 0.29) is 29.6 Å². The fourth-order valence-corrected chi connectivity index (χ4v) is 3.13. The normalized spacial score (nSPS) is 25.5. The van der Waals surface area contributed by atoms with Crippen LogP contribution in [-0.4, -0.2) is 27.0 Å². The first-order chi connectivity index (χ1) is 10.2. The molecule has 22 heavy (non-hydrogen) atoms. The third-order valence-electron chi connectivity index (χ3n) is 4.64. The molecule has 0 aromatic carbocycles. The van der Waals surface area contributed by atoms with E-state index in [0.29, 0.717) is 17.7 Å². The van der Waals surface area contributed by atoms with E-state index in [2.05, 4.69) is 0 Å². The Hall–Kier alpha value is -1.46. The van der Waals surface area contributed by atoms with Gasteiger partial charge in [-0.15, -0.1) is 0 Å². The summed E-state index contributed by atoms with van der Waals surface area (Å²) in [6.45, 7) is 10.4. The van der Waals surface area contributed by atoms with Crippen LogP contribution in [0.15, 0.2) is 12.2 Å². The fourth-order valence-electron chi connectivity index (χ4n) is 3.13. The Labute approximate surface area is 131 Å². The maximum absolute atomic E-state index is 10.7. The molecule has 3 heterocycles. The first-order valence-electron chi connectivity index (χ1n) is 7.82. The second-order valence-corrected chi connectivity index (χ2v) is 7.42. The van der Waals surface area contributed by atoms with Crippen molar-refractivity contribution in [2.45, 2.75) is 64.4 Å². The summed E-state index contributed by atoms with van der Waals surface area (Å²) < 4.78 is 13.2. The lowest BCUT2D eigenvalue weighted by atomic mass is 9.99. The third kappa shape index (κ3) is 2.15. The summed E-state index contributed by atoms with van der Waals surface area (Å²) in [6.07, 6.45) is 4.06. The minimum absolute atomic E-state index is 0.0891. The number of nitrogens with zero attached hydrogens (tertiary/aromatic N) is 1. The monoisotopic (exact) mass is 307 g/mol. The van der Waals surface area contributed by atoms with Crippen LogP contribution in [0.3, 0.4) is 0 Å². The van der Waals surface area contributed by atoms with Gasteiger partial charge in [-0.3, -0.25) is 4.57 Å². The zero-order valence-corrected chi connectivity index (χ0v) is 13.9. The zero-order chi connectivity index (χ0) is 16.3. The van der Waals surface area contributed by atoms with E-state index in [1.54, 1.807) is 4.57 Å². The molecule has 0 radical (unpaired) electrons. The predicted octanol–water partition coefficient (Wildman–Crippen LogP) is 3.52. The number of fused-ring (bicyclic) bond motifs is 5. The topological polar surface area (TPSA) is 63.9 Å². The second-order valence-electron chi connectivity index (χ2n) is 7.42. The van der Waals surface area contributed by atoms with Gasteiger partial charge in [-0.1, -0.05) is 19.1 Å². The van der Waals surface area contributed by atoms with E-state index < -0.39 is 5.54 Å². The molecule has 2 bridgehead atoms. The van der Waals surface area contributed by atoms with Gasteiger partial charge < -0.3 is 19.7 Å². The average Bonchev–Trinajstić information content (AvgIpc) is 3.10. The summed E-state index contributed by atoms with van der Waals surface area (Å²) in [6, 6.07) is 0. The molecule has 0 saturated carbocycles. The molecule has 0 saturated heterocycles. The molecular formula is C17H25NO4. The van der Waals surface area contributed by atoms with Gasteiger partial charge in [0, 0.05) is 0 Å². The Kier molecular flexibility index (Phi) is 3.34. The van der Waals surface area contributed by atoms with E-state index in [0.717, 1.165) is 6.42 Å². The molecule has 0 spiro atoms. The van der Waals surface area contributed by atoms with Crippen molar-refractivity contribution in [2.75, 3.05) is 6.61 Å². The van der Waals surface area contributed by atoms with Crippen molar-refractivity contribution in [3.63, 3.8) is 0 Å². The standard InChI is InChI=1S/C17H25NO4/c1-6-17(5,9-21-16(2,3)4)18-14(19)12-10-7-8-11(22-10)13(12)15(18)20/h7-8,10-11,19-20H,6,9H2,1-5H3. The SMILES string of the molecule is CCC(C)(COC(C)(C)C)n1c(O)c2c(c1O)C1C=CC2O1. The van der Waals surface area contributed by atoms with Gasteiger partial charge in [0.25, 0.3) is 0 Å². The molecule has 0 fully saturated rings. The van der Waals surface area contributed by atoms with Gasteiger partial charge in [-0.05, 0) is 34.1 Å². The third-order valence-corrected chi connectivity index (χ3v) is 4.64. The Bertz CT molecular complexity index is 590. The minimum Gasteiger partial charge on any atom is -0.494 e. The molecule has 5 nitrogen and oxygen atoms in total. The van der Waals surface area contributed by atoms with Crippen molar-refractivity contribution >= 4 is 0 Å². The summed E-state index contributed by atoms with van der Waals surface area (Å²) in [5, 5.41) is 21.4. The van der Waals surface area contributed by atoms with Gasteiger partial charge in [0.05, 0.1) is 28.9 Å². The van der Waals surface area contributed by atoms with Crippen LogP contribution in [0.1, 0.15) is 64.4 Å². The lowest BCUT2D eigenvalue weighted by Gasteiger charge is -2.34. The molecule has 3 atom stereocenters. The average molecular weight is 307 g/mol. The van der Waals surface area contributed by atoms with Crippen LogP contribution < -0.4 is 0 Å². The smallest absolute Gasteiger partial charge is 0.201 e. The molecule has 1 aromatic heterocycles. The zero-order valence-electron chi connectivity index (χ0n) is 13.9. The quantitative estimate of drug-likeness (QED) is 0.835. The predicted molar refractivity (Wildman–Crippen MR) is 83.1 cm³/mol. The first-order valence-corrected chi connectivity index (χ1v) is 7.82. The molecular weight excluding hydrogens is 282 g/mol. The van der Waals surface area contributed by atoms with Crippen molar-refractivity contribution in [1.82, 2.24) is 4.57 Å². The van der Waals surface area contributed by atoms with Crippen LogP contribution >= 0.6 is 0 Å². The summed E-state index contributed by atoms with van der Waals surface area (Å²) in [7, 11) is 0. The highest BCUT2D eigenvalue weighted by molar-refractivity contribution is 5.56. The van der Waals surface area contributed by atoms with E-state index in [4.69, 9.17) is 9.47 Å². The maximum Gasteiger partial charge on any atom is 0.201 e. The first kappa shape index (κ1) is 15.4. The van der Waals surface area contributed by atoms with Crippen molar-refractivity contribution in [2.24, 2.45) is 0 Å². The van der Waals surface area contributed by atoms with E-state index in [9.17, 15) is 10.2 Å². The van der Waals surface area contributed by atoms with Gasteiger partial charge >= 0.3 is 0 Å². The Morgan fingerprint density at radius 2 is 1.59 bits per heavy atom. The summed E-state index contributed by atoms with van der Waals surface area (Å²) >= 11 is 0. The van der Waals surface area contributed by atoms with E-state index in [1.807, 2.05) is 46.8 Å². The van der Waals surface area contributed by atoms with Crippen LogP contribution in [0.4, 0.5) is 0 Å². The highest BCUT2D eigenvalue weighted by Crippen LogP contribution is 2.56. The molecule has 3 rings (SSSR count). The van der Waals surface area contributed by atoms with Crippen LogP contribution in [-0.2, 0) is 15.0 Å². The summed E-state index contributed by atoms with van der Waals surface area (Å²) in [4.78, 5) is 0. The summed E-state index contributed by atoms with van der Waals surface area (Å²) in [5.41, 5.74) is 0.591. The lowest BCUT2D eigenvalue weighted by Crippen LogP contribution is -2.37. The van der Waals surface area contributed by atoms with Crippen molar-refractivity contribution in [3.05, 3.63) is 23.3 Å². The number of rotatable bonds is 4. The number of aromatic hydroxyl groups is 2. The van der Waals surface area contributed by atoms with E-state index in [1.165, 1.54) is 0 Å². The fraction of sp³-hybridized carbons (Fsp3) is 0.647. The van der Waals surface area contributed by atoms with Gasteiger partial charge in [-0.25, -0.2) is 0 Å². The lowest BCUT2D eigenvalue weighted by molar-refractivity contribution is -0.0476. The van der Waals surface area contributed by atoms with Crippen molar-refractivity contribution in [1.29, 1.82) is 0 Å². The number of hydrogen-bond donors (Lipinski definition) is 2. The van der Waals surface area contributed by atoms with Gasteiger partial charge in [0.15, 0.2) is 0 Å². The van der Waals surface area contributed by atoms with Crippen molar-refractivity contribution in [3.8, 4) is 11.8 Å². The number of aromatic nitrogens is 1. The summed E-state index contributed by atoms with van der Waals surface area (Å²) in [5.74, 6) is 0.178. The molecule has 2 aliphatic heterocycles. The second kappa shape index (κ2) is 4.77. The Morgan fingerprint density at radius 3 is 2.00 bits per heavy atom. The Balaban J connectivity index is 2.01. The van der Waals surface area contributed by atoms with Crippen LogP contribution in [0, 0.1) is 0 Å². The molecule has 0 amide bonds. The Morgan fingerprint density at radius 1 is 1.09 bits per heavy atom. The number of hydrogen-bond acceptors (Lipinski definition) is 4. The van der Waals surface area contributed by atoms with Crippen LogP contribution in [0.2, 0.25) is 0 Å². The maximum atomic E-state index is 10.7. The highest BCUT2D eigenvalue weighted by Gasteiger charge is 2.45. The molecule has 3 unspecified atom stereocenters. The molecule has 2 aliphatic rings. The largest absolute Gasteiger partial charge is 0.494 e. The van der Waals surface area contributed by atoms with Crippen LogP contribution in [0.25, 0.3) is 0 Å². The number of ether oxygens (including phenoxy) is 2. The van der Waals surface area contributed by atoms with Gasteiger partial charge in [0.1, 0.15) is 12.2 Å². The molecule has 1 aromatic rings. The molecule has 5 heteroatoms. The van der Waals surface area contributed by atoms with Crippen LogP contribution in [0.5, 0.6) is 11.8 Å². The molecule has 122 valence electrons. The minimum atomic E-state index is -0.523. The molecule has 0 aliphatic carbocycles. The van der Waals surface area contributed by atoms with Gasteiger partial charge in [0.2, 0.25) is 11.8 Å². The van der Waals surface area contributed by atoms with Gasteiger partial charge in [-0.2, -0.15) is 0 Å². The van der Waals surface area contributed by atoms with Crippen molar-refractivity contribution < 1.29 is 19.7 Å².